The second-order valence-corrected chi connectivity index (χ2v) is 5.77. The van der Waals surface area contributed by atoms with E-state index in [0.717, 1.165) is 11.1 Å². The molecule has 2 amide bonds. The van der Waals surface area contributed by atoms with Crippen LogP contribution in [0.2, 0.25) is 0 Å². The van der Waals surface area contributed by atoms with E-state index in [4.69, 9.17) is 10.5 Å². The molecule has 0 atom stereocenters. The van der Waals surface area contributed by atoms with E-state index < -0.39 is 11.8 Å². The van der Waals surface area contributed by atoms with Crippen molar-refractivity contribution in [3.63, 3.8) is 0 Å². The number of rotatable bonds is 6. The van der Waals surface area contributed by atoms with Gasteiger partial charge in [0, 0.05) is 5.69 Å². The number of nitrogens with zero attached hydrogens (tertiary/aromatic N) is 1. The van der Waals surface area contributed by atoms with Crippen molar-refractivity contribution in [1.82, 2.24) is 0 Å². The fourth-order valence-corrected chi connectivity index (χ4v) is 2.31. The molecule has 2 rings (SSSR count). The van der Waals surface area contributed by atoms with E-state index in [0.29, 0.717) is 17.0 Å². The van der Waals surface area contributed by atoms with Crippen LogP contribution in [0.15, 0.2) is 48.0 Å². The van der Waals surface area contributed by atoms with Crippen molar-refractivity contribution < 1.29 is 14.3 Å². The van der Waals surface area contributed by atoms with Crippen molar-refractivity contribution >= 4 is 23.6 Å². The fraction of sp³-hybridized carbons (Fsp3) is 0.150. The molecule has 0 aliphatic carbocycles. The summed E-state index contributed by atoms with van der Waals surface area (Å²) in [5.74, 6) is -0.663. The first kappa shape index (κ1) is 18.7. The minimum Gasteiger partial charge on any atom is -0.484 e. The third-order valence-corrected chi connectivity index (χ3v) is 3.55. The van der Waals surface area contributed by atoms with Crippen molar-refractivity contribution in [1.29, 1.82) is 5.26 Å². The highest BCUT2D eigenvalue weighted by atomic mass is 16.5. The monoisotopic (exact) mass is 349 g/mol. The molecule has 2 aromatic carbocycles. The summed E-state index contributed by atoms with van der Waals surface area (Å²) >= 11 is 0. The summed E-state index contributed by atoms with van der Waals surface area (Å²) in [6.07, 6.45) is 1.45. The Morgan fingerprint density at radius 3 is 2.65 bits per heavy atom. The van der Waals surface area contributed by atoms with Crippen LogP contribution in [-0.2, 0) is 9.59 Å². The van der Waals surface area contributed by atoms with Crippen LogP contribution in [0.4, 0.5) is 5.69 Å². The number of amides is 2. The Morgan fingerprint density at radius 1 is 1.23 bits per heavy atom. The molecule has 0 unspecified atom stereocenters. The van der Waals surface area contributed by atoms with E-state index in [9.17, 15) is 14.9 Å². The number of anilines is 1. The minimum atomic E-state index is -0.587. The first-order chi connectivity index (χ1) is 12.4. The van der Waals surface area contributed by atoms with Gasteiger partial charge in [-0.25, -0.2) is 0 Å². The zero-order valence-corrected chi connectivity index (χ0v) is 14.6. The predicted molar refractivity (Wildman–Crippen MR) is 99.3 cm³/mol. The third kappa shape index (κ3) is 5.21. The summed E-state index contributed by atoms with van der Waals surface area (Å²) in [4.78, 5) is 23.2. The molecule has 2 aromatic rings. The number of hydrogen-bond acceptors (Lipinski definition) is 4. The van der Waals surface area contributed by atoms with Crippen LogP contribution in [0.3, 0.4) is 0 Å². The van der Waals surface area contributed by atoms with E-state index in [-0.39, 0.29) is 12.2 Å². The SMILES string of the molecule is Cc1ccc(NC(=O)/C(C#N)=C\c2cccc(OCC(N)=O)c2)c(C)c1. The highest BCUT2D eigenvalue weighted by molar-refractivity contribution is 6.10. The van der Waals surface area contributed by atoms with Gasteiger partial charge < -0.3 is 15.8 Å². The molecule has 0 aliphatic heterocycles. The van der Waals surface area contributed by atoms with Gasteiger partial charge in [0.2, 0.25) is 0 Å². The Kier molecular flexibility index (Phi) is 6.12. The van der Waals surface area contributed by atoms with Crippen molar-refractivity contribution in [2.24, 2.45) is 5.73 Å². The van der Waals surface area contributed by atoms with Crippen LogP contribution in [0.1, 0.15) is 16.7 Å². The molecule has 0 bridgehead atoms. The maximum atomic E-state index is 12.4. The molecule has 132 valence electrons. The summed E-state index contributed by atoms with van der Waals surface area (Å²) in [5.41, 5.74) is 8.25. The minimum absolute atomic E-state index is 0.0444. The number of nitrogens with two attached hydrogens (primary N) is 1. The van der Waals surface area contributed by atoms with E-state index in [1.165, 1.54) is 6.08 Å². The van der Waals surface area contributed by atoms with Gasteiger partial charge >= 0.3 is 0 Å². The third-order valence-electron chi connectivity index (χ3n) is 3.55. The molecule has 0 aliphatic rings. The zero-order chi connectivity index (χ0) is 19.1. The van der Waals surface area contributed by atoms with Crippen molar-refractivity contribution in [3.8, 4) is 11.8 Å². The Labute approximate surface area is 151 Å². The largest absolute Gasteiger partial charge is 0.484 e. The van der Waals surface area contributed by atoms with Crippen LogP contribution >= 0.6 is 0 Å². The summed E-state index contributed by atoms with van der Waals surface area (Å²) < 4.78 is 5.22. The summed E-state index contributed by atoms with van der Waals surface area (Å²) in [6, 6.07) is 14.2. The summed E-state index contributed by atoms with van der Waals surface area (Å²) in [6.45, 7) is 3.61. The van der Waals surface area contributed by atoms with Gasteiger partial charge in [-0.05, 0) is 49.2 Å². The zero-order valence-electron chi connectivity index (χ0n) is 14.6. The lowest BCUT2D eigenvalue weighted by Crippen LogP contribution is -2.20. The number of benzene rings is 2. The second-order valence-electron chi connectivity index (χ2n) is 5.77. The van der Waals surface area contributed by atoms with Gasteiger partial charge in [0.05, 0.1) is 0 Å². The number of nitrogens with one attached hydrogen (secondary N) is 1. The van der Waals surface area contributed by atoms with Gasteiger partial charge in [-0.3, -0.25) is 9.59 Å². The topological polar surface area (TPSA) is 105 Å². The Balaban J connectivity index is 2.19. The molecular formula is C20H19N3O3. The smallest absolute Gasteiger partial charge is 0.266 e. The molecule has 3 N–H and O–H groups in total. The van der Waals surface area contributed by atoms with E-state index >= 15 is 0 Å². The number of aryl methyl sites for hydroxylation is 2. The average molecular weight is 349 g/mol. The molecule has 0 heterocycles. The van der Waals surface area contributed by atoms with Gasteiger partial charge in [-0.15, -0.1) is 0 Å². The molecule has 0 aromatic heterocycles. The molecule has 6 heteroatoms. The van der Waals surface area contributed by atoms with Gasteiger partial charge in [-0.2, -0.15) is 5.26 Å². The molecule has 0 saturated carbocycles. The molecule has 6 nitrogen and oxygen atoms in total. The highest BCUT2D eigenvalue weighted by Gasteiger charge is 2.11. The normalized spacial score (nSPS) is 10.7. The average Bonchev–Trinajstić information content (AvgIpc) is 2.60. The first-order valence-electron chi connectivity index (χ1n) is 7.90. The highest BCUT2D eigenvalue weighted by Crippen LogP contribution is 2.19. The van der Waals surface area contributed by atoms with E-state index in [2.05, 4.69) is 5.32 Å². The standard InChI is InChI=1S/C20H19N3O3/c1-13-6-7-18(14(2)8-13)23-20(25)16(11-21)9-15-4-3-5-17(10-15)26-12-19(22)24/h3-10H,12H2,1-2H3,(H2,22,24)(H,23,25)/b16-9-. The maximum absolute atomic E-state index is 12.4. The van der Waals surface area contributed by atoms with Gasteiger partial charge in [0.15, 0.2) is 6.61 Å². The van der Waals surface area contributed by atoms with Crippen LogP contribution in [-0.4, -0.2) is 18.4 Å². The number of nitriles is 1. The molecule has 0 fully saturated rings. The Morgan fingerprint density at radius 2 is 2.00 bits per heavy atom. The molecule has 0 radical (unpaired) electrons. The molecule has 26 heavy (non-hydrogen) atoms. The van der Waals surface area contributed by atoms with Crippen LogP contribution in [0, 0.1) is 25.2 Å². The lowest BCUT2D eigenvalue weighted by Gasteiger charge is -2.09. The Hall–Kier alpha value is -3.59. The first-order valence-corrected chi connectivity index (χ1v) is 7.90. The number of primary amides is 1. The van der Waals surface area contributed by atoms with Crippen LogP contribution < -0.4 is 15.8 Å². The number of ether oxygens (including phenoxy) is 1. The number of hydrogen-bond donors (Lipinski definition) is 2. The molecular weight excluding hydrogens is 330 g/mol. The van der Waals surface area contributed by atoms with Gasteiger partial charge in [0.25, 0.3) is 11.8 Å². The lowest BCUT2D eigenvalue weighted by molar-refractivity contribution is -0.120. The van der Waals surface area contributed by atoms with E-state index in [1.807, 2.05) is 32.0 Å². The van der Waals surface area contributed by atoms with Crippen molar-refractivity contribution in [2.45, 2.75) is 13.8 Å². The summed E-state index contributed by atoms with van der Waals surface area (Å²) in [7, 11) is 0. The second kappa shape index (κ2) is 8.49. The van der Waals surface area contributed by atoms with Gasteiger partial charge in [0.1, 0.15) is 17.4 Å². The predicted octanol–water partition coefficient (Wildman–Crippen LogP) is 2.71. The van der Waals surface area contributed by atoms with Crippen molar-refractivity contribution in [3.05, 3.63) is 64.7 Å². The fourth-order valence-electron chi connectivity index (χ4n) is 2.31. The van der Waals surface area contributed by atoms with Crippen LogP contribution in [0.25, 0.3) is 6.08 Å². The lowest BCUT2D eigenvalue weighted by atomic mass is 10.1. The van der Waals surface area contributed by atoms with E-state index in [1.54, 1.807) is 30.3 Å². The maximum Gasteiger partial charge on any atom is 0.266 e. The molecule has 0 spiro atoms. The molecule has 0 saturated heterocycles. The van der Waals surface area contributed by atoms with Gasteiger partial charge in [-0.1, -0.05) is 29.8 Å². The quantitative estimate of drug-likeness (QED) is 0.618. The number of carbonyl (C=O) groups excluding carboxylic acids is 2. The van der Waals surface area contributed by atoms with Crippen molar-refractivity contribution in [2.75, 3.05) is 11.9 Å². The Bertz CT molecular complexity index is 911. The number of carbonyl (C=O) groups is 2. The summed E-state index contributed by atoms with van der Waals surface area (Å²) in [5, 5.41) is 12.1. The van der Waals surface area contributed by atoms with Crippen LogP contribution in [0.5, 0.6) is 5.75 Å².